The maximum Gasteiger partial charge on any atom is 0.227 e. The second-order valence-electron chi connectivity index (χ2n) is 3.58. The van der Waals surface area contributed by atoms with Crippen LogP contribution in [0.2, 0.25) is 0 Å². The Labute approximate surface area is 92.0 Å². The van der Waals surface area contributed by atoms with E-state index in [2.05, 4.69) is 15.9 Å². The van der Waals surface area contributed by atoms with Crippen LogP contribution in [-0.4, -0.2) is 12.5 Å². The van der Waals surface area contributed by atoms with Crippen LogP contribution in [0.1, 0.15) is 18.4 Å². The molecule has 0 aliphatic carbocycles. The van der Waals surface area contributed by atoms with Crippen LogP contribution >= 0.6 is 15.9 Å². The van der Waals surface area contributed by atoms with Crippen molar-refractivity contribution < 1.29 is 4.79 Å². The van der Waals surface area contributed by atoms with E-state index in [-0.39, 0.29) is 5.91 Å². The van der Waals surface area contributed by atoms with Crippen molar-refractivity contribution in [2.24, 2.45) is 0 Å². The fraction of sp³-hybridized carbons (Fsp3) is 0.364. The number of rotatable bonds is 1. The third-order valence-corrected chi connectivity index (χ3v) is 3.42. The Morgan fingerprint density at radius 3 is 2.79 bits per heavy atom. The van der Waals surface area contributed by atoms with E-state index in [0.717, 1.165) is 23.1 Å². The van der Waals surface area contributed by atoms with Crippen molar-refractivity contribution in [3.05, 3.63) is 28.2 Å². The topological polar surface area (TPSA) is 20.3 Å². The highest BCUT2D eigenvalue weighted by Crippen LogP contribution is 2.25. The Bertz CT molecular complexity index is 376. The van der Waals surface area contributed by atoms with Crippen LogP contribution in [0.4, 0.5) is 5.69 Å². The number of anilines is 1. The lowest BCUT2D eigenvalue weighted by atomic mass is 10.2. The number of amides is 1. The predicted molar refractivity (Wildman–Crippen MR) is 60.5 cm³/mol. The summed E-state index contributed by atoms with van der Waals surface area (Å²) in [6.07, 6.45) is 1.67. The quantitative estimate of drug-likeness (QED) is 0.754. The number of carbonyl (C=O) groups excluding carboxylic acids is 1. The molecule has 14 heavy (non-hydrogen) atoms. The van der Waals surface area contributed by atoms with Gasteiger partial charge in [-0.25, -0.2) is 0 Å². The third kappa shape index (κ3) is 1.69. The van der Waals surface area contributed by atoms with Gasteiger partial charge >= 0.3 is 0 Å². The van der Waals surface area contributed by atoms with E-state index < -0.39 is 0 Å². The van der Waals surface area contributed by atoms with Crippen LogP contribution in [0.15, 0.2) is 22.7 Å². The van der Waals surface area contributed by atoms with Crippen LogP contribution in [0.3, 0.4) is 0 Å². The molecule has 0 saturated carbocycles. The van der Waals surface area contributed by atoms with Gasteiger partial charge in [0.15, 0.2) is 0 Å². The Kier molecular flexibility index (Phi) is 2.59. The first-order chi connectivity index (χ1) is 6.68. The second-order valence-corrected chi connectivity index (χ2v) is 4.44. The van der Waals surface area contributed by atoms with Crippen molar-refractivity contribution >= 4 is 27.5 Å². The molecule has 0 atom stereocenters. The maximum atomic E-state index is 11.5. The standard InChI is InChI=1S/C11H12BrNO/c1-8-7-9(4-5-10(8)12)13-6-2-3-11(13)14/h4-5,7H,2-3,6H2,1H3. The normalized spacial score (nSPS) is 16.4. The number of aryl methyl sites for hydroxylation is 1. The average Bonchev–Trinajstić information content (AvgIpc) is 2.57. The molecule has 1 fully saturated rings. The molecule has 1 aliphatic rings. The van der Waals surface area contributed by atoms with Crippen LogP contribution < -0.4 is 4.90 Å². The molecule has 1 saturated heterocycles. The van der Waals surface area contributed by atoms with Crippen molar-refractivity contribution in [3.8, 4) is 0 Å². The molecule has 3 heteroatoms. The Morgan fingerprint density at radius 2 is 2.21 bits per heavy atom. The van der Waals surface area contributed by atoms with E-state index in [1.165, 1.54) is 5.56 Å². The predicted octanol–water partition coefficient (Wildman–Crippen LogP) is 2.88. The van der Waals surface area contributed by atoms with Gasteiger partial charge in [0.1, 0.15) is 0 Å². The van der Waals surface area contributed by atoms with E-state index in [1.807, 2.05) is 30.0 Å². The fourth-order valence-electron chi connectivity index (χ4n) is 1.72. The summed E-state index contributed by atoms with van der Waals surface area (Å²) in [6, 6.07) is 6.03. The second kappa shape index (κ2) is 3.73. The minimum absolute atomic E-state index is 0.242. The highest BCUT2D eigenvalue weighted by molar-refractivity contribution is 9.10. The molecule has 0 bridgehead atoms. The van der Waals surface area contributed by atoms with Gasteiger partial charge in [0, 0.05) is 23.1 Å². The van der Waals surface area contributed by atoms with Crippen molar-refractivity contribution in [3.63, 3.8) is 0 Å². The van der Waals surface area contributed by atoms with Crippen molar-refractivity contribution in [1.29, 1.82) is 0 Å². The van der Waals surface area contributed by atoms with Crippen LogP contribution in [0, 0.1) is 6.92 Å². The van der Waals surface area contributed by atoms with Crippen LogP contribution in [0.5, 0.6) is 0 Å². The van der Waals surface area contributed by atoms with Crippen LogP contribution in [-0.2, 0) is 4.79 Å². The SMILES string of the molecule is Cc1cc(N2CCCC2=O)ccc1Br. The van der Waals surface area contributed by atoms with E-state index in [0.29, 0.717) is 6.42 Å². The summed E-state index contributed by atoms with van der Waals surface area (Å²) < 4.78 is 1.09. The molecule has 1 aromatic rings. The molecule has 1 aliphatic heterocycles. The lowest BCUT2D eigenvalue weighted by molar-refractivity contribution is -0.117. The van der Waals surface area contributed by atoms with Crippen molar-refractivity contribution in [2.75, 3.05) is 11.4 Å². The van der Waals surface area contributed by atoms with Gasteiger partial charge in [0.2, 0.25) is 5.91 Å². The number of carbonyl (C=O) groups is 1. The lowest BCUT2D eigenvalue weighted by Crippen LogP contribution is -2.23. The molecule has 74 valence electrons. The smallest absolute Gasteiger partial charge is 0.227 e. The van der Waals surface area contributed by atoms with Gasteiger partial charge < -0.3 is 4.90 Å². The molecule has 1 heterocycles. The fourth-order valence-corrected chi connectivity index (χ4v) is 1.96. The molecule has 1 aromatic carbocycles. The van der Waals surface area contributed by atoms with Gasteiger partial charge in [-0.3, -0.25) is 4.79 Å². The Balaban J connectivity index is 2.32. The van der Waals surface area contributed by atoms with Crippen molar-refractivity contribution in [1.82, 2.24) is 0 Å². The van der Waals surface area contributed by atoms with Gasteiger partial charge in [-0.1, -0.05) is 15.9 Å². The number of hydrogen-bond donors (Lipinski definition) is 0. The zero-order valence-corrected chi connectivity index (χ0v) is 9.67. The first kappa shape index (κ1) is 9.71. The highest BCUT2D eigenvalue weighted by atomic mass is 79.9. The largest absolute Gasteiger partial charge is 0.312 e. The summed E-state index contributed by atoms with van der Waals surface area (Å²) in [5.41, 5.74) is 2.19. The first-order valence-electron chi connectivity index (χ1n) is 4.75. The van der Waals surface area contributed by atoms with Gasteiger partial charge in [0.05, 0.1) is 0 Å². The summed E-state index contributed by atoms with van der Waals surface area (Å²) in [6.45, 7) is 2.90. The maximum absolute atomic E-state index is 11.5. The van der Waals surface area contributed by atoms with E-state index >= 15 is 0 Å². The van der Waals surface area contributed by atoms with Gasteiger partial charge in [0.25, 0.3) is 0 Å². The molecule has 0 aromatic heterocycles. The monoisotopic (exact) mass is 253 g/mol. The minimum atomic E-state index is 0.242. The number of nitrogens with zero attached hydrogens (tertiary/aromatic N) is 1. The summed E-state index contributed by atoms with van der Waals surface area (Å²) in [5.74, 6) is 0.242. The van der Waals surface area contributed by atoms with Gasteiger partial charge in [-0.05, 0) is 37.1 Å². The zero-order valence-electron chi connectivity index (χ0n) is 8.09. The number of halogens is 1. The van der Waals surface area contributed by atoms with Crippen LogP contribution in [0.25, 0.3) is 0 Å². The first-order valence-corrected chi connectivity index (χ1v) is 5.54. The molecule has 1 amide bonds. The minimum Gasteiger partial charge on any atom is -0.312 e. The van der Waals surface area contributed by atoms with E-state index in [1.54, 1.807) is 0 Å². The Morgan fingerprint density at radius 1 is 1.43 bits per heavy atom. The molecular formula is C11H12BrNO. The molecule has 0 radical (unpaired) electrons. The molecule has 0 N–H and O–H groups in total. The Hall–Kier alpha value is -0.830. The molecular weight excluding hydrogens is 242 g/mol. The van der Waals surface area contributed by atoms with Crippen molar-refractivity contribution in [2.45, 2.75) is 19.8 Å². The summed E-state index contributed by atoms with van der Waals surface area (Å²) in [7, 11) is 0. The summed E-state index contributed by atoms with van der Waals surface area (Å²) >= 11 is 3.45. The summed E-state index contributed by atoms with van der Waals surface area (Å²) in [4.78, 5) is 13.3. The molecule has 0 spiro atoms. The van der Waals surface area contributed by atoms with Gasteiger partial charge in [-0.2, -0.15) is 0 Å². The number of hydrogen-bond acceptors (Lipinski definition) is 1. The average molecular weight is 254 g/mol. The van der Waals surface area contributed by atoms with Gasteiger partial charge in [-0.15, -0.1) is 0 Å². The highest BCUT2D eigenvalue weighted by Gasteiger charge is 2.21. The third-order valence-electron chi connectivity index (χ3n) is 2.53. The van der Waals surface area contributed by atoms with E-state index in [9.17, 15) is 4.79 Å². The molecule has 2 rings (SSSR count). The lowest BCUT2D eigenvalue weighted by Gasteiger charge is -2.16. The van der Waals surface area contributed by atoms with E-state index in [4.69, 9.17) is 0 Å². The molecule has 2 nitrogen and oxygen atoms in total. The summed E-state index contributed by atoms with van der Waals surface area (Å²) in [5, 5.41) is 0. The molecule has 0 unspecified atom stereocenters. The number of benzene rings is 1. The zero-order chi connectivity index (χ0) is 10.1.